The molecule has 3 heterocycles. The summed E-state index contributed by atoms with van der Waals surface area (Å²) in [6.45, 7) is 0. The number of nitrogens with zero attached hydrogens (tertiary/aromatic N) is 3. The van der Waals surface area contributed by atoms with Crippen molar-refractivity contribution in [1.29, 1.82) is 0 Å². The number of aromatic nitrogens is 3. The summed E-state index contributed by atoms with van der Waals surface area (Å²) in [7, 11) is 0. The van der Waals surface area contributed by atoms with Crippen LogP contribution in [0.1, 0.15) is 0 Å². The van der Waals surface area contributed by atoms with E-state index in [0.717, 1.165) is 17.3 Å². The van der Waals surface area contributed by atoms with Gasteiger partial charge in [-0.15, -0.1) is 22.7 Å². The standard InChI is InChI=1S/C11H5Br2N3S2/c12-8-3-1-6(17-8)10-14-5-15-11(16-10)7-2-4-9(13)18-7/h1-5H. The Kier molecular flexibility index (Phi) is 3.56. The summed E-state index contributed by atoms with van der Waals surface area (Å²) in [6, 6.07) is 7.98. The number of hydrogen-bond donors (Lipinski definition) is 0. The van der Waals surface area contributed by atoms with E-state index < -0.39 is 0 Å². The number of halogens is 2. The Balaban J connectivity index is 2.04. The summed E-state index contributed by atoms with van der Waals surface area (Å²) in [5.74, 6) is 1.42. The van der Waals surface area contributed by atoms with Crippen LogP contribution in [0.15, 0.2) is 38.2 Å². The molecule has 0 spiro atoms. The molecule has 0 amide bonds. The Morgan fingerprint density at radius 2 is 1.28 bits per heavy atom. The molecule has 0 aromatic carbocycles. The number of thiophene rings is 2. The first-order valence-electron chi connectivity index (χ1n) is 4.93. The van der Waals surface area contributed by atoms with Gasteiger partial charge < -0.3 is 0 Å². The zero-order valence-corrected chi connectivity index (χ0v) is 13.6. The average Bonchev–Trinajstić information content (AvgIpc) is 2.98. The second-order valence-electron chi connectivity index (χ2n) is 3.34. The molecular formula is C11H5Br2N3S2. The van der Waals surface area contributed by atoms with Crippen molar-refractivity contribution in [2.24, 2.45) is 0 Å². The minimum atomic E-state index is 0.709. The lowest BCUT2D eigenvalue weighted by atomic mass is 10.4. The third kappa shape index (κ3) is 2.54. The van der Waals surface area contributed by atoms with Crippen molar-refractivity contribution in [2.45, 2.75) is 0 Å². The Labute approximate surface area is 128 Å². The van der Waals surface area contributed by atoms with Crippen LogP contribution < -0.4 is 0 Å². The third-order valence-electron chi connectivity index (χ3n) is 2.16. The van der Waals surface area contributed by atoms with Gasteiger partial charge in [0.15, 0.2) is 11.6 Å². The maximum atomic E-state index is 4.50. The smallest absolute Gasteiger partial charge is 0.173 e. The van der Waals surface area contributed by atoms with Gasteiger partial charge >= 0.3 is 0 Å². The van der Waals surface area contributed by atoms with Gasteiger partial charge in [-0.3, -0.25) is 0 Å². The first-order valence-corrected chi connectivity index (χ1v) is 8.15. The quantitative estimate of drug-likeness (QED) is 0.614. The molecule has 0 saturated heterocycles. The van der Waals surface area contributed by atoms with Gasteiger partial charge in [-0.2, -0.15) is 0 Å². The Morgan fingerprint density at radius 3 is 1.67 bits per heavy atom. The fourth-order valence-corrected chi connectivity index (χ4v) is 4.06. The predicted octanol–water partition coefficient (Wildman–Crippen LogP) is 4.85. The van der Waals surface area contributed by atoms with Gasteiger partial charge in [0, 0.05) is 0 Å². The van der Waals surface area contributed by atoms with Crippen LogP contribution >= 0.6 is 54.5 Å². The lowest BCUT2D eigenvalue weighted by Crippen LogP contribution is -1.92. The van der Waals surface area contributed by atoms with Crippen LogP contribution in [0.25, 0.3) is 21.4 Å². The van der Waals surface area contributed by atoms with Crippen molar-refractivity contribution in [3.8, 4) is 21.4 Å². The van der Waals surface area contributed by atoms with Gasteiger partial charge in [-0.05, 0) is 56.1 Å². The van der Waals surface area contributed by atoms with Crippen LogP contribution in [0.4, 0.5) is 0 Å². The highest BCUT2D eigenvalue weighted by Gasteiger charge is 2.09. The van der Waals surface area contributed by atoms with Crippen molar-refractivity contribution in [1.82, 2.24) is 15.0 Å². The van der Waals surface area contributed by atoms with E-state index in [1.165, 1.54) is 0 Å². The molecule has 0 bridgehead atoms. The van der Waals surface area contributed by atoms with Gasteiger partial charge in [0.25, 0.3) is 0 Å². The highest BCUT2D eigenvalue weighted by Crippen LogP contribution is 2.32. The molecule has 0 atom stereocenters. The zero-order chi connectivity index (χ0) is 12.5. The third-order valence-corrected chi connectivity index (χ3v) is 5.40. The van der Waals surface area contributed by atoms with Crippen molar-refractivity contribution in [2.75, 3.05) is 0 Å². The second-order valence-corrected chi connectivity index (χ2v) is 8.27. The molecule has 7 heteroatoms. The van der Waals surface area contributed by atoms with Crippen molar-refractivity contribution in [3.05, 3.63) is 38.2 Å². The van der Waals surface area contributed by atoms with Gasteiger partial charge in [-0.1, -0.05) is 0 Å². The molecule has 3 aromatic heterocycles. The average molecular weight is 403 g/mol. The minimum absolute atomic E-state index is 0.709. The molecule has 0 saturated carbocycles. The van der Waals surface area contributed by atoms with E-state index in [2.05, 4.69) is 46.8 Å². The van der Waals surface area contributed by atoms with Gasteiger partial charge in [0.1, 0.15) is 6.33 Å². The van der Waals surface area contributed by atoms with Crippen LogP contribution in [0.2, 0.25) is 0 Å². The largest absolute Gasteiger partial charge is 0.216 e. The molecular weight excluding hydrogens is 398 g/mol. The first-order chi connectivity index (χ1) is 8.72. The van der Waals surface area contributed by atoms with Gasteiger partial charge in [0.05, 0.1) is 17.3 Å². The molecule has 0 radical (unpaired) electrons. The highest BCUT2D eigenvalue weighted by molar-refractivity contribution is 9.11. The van der Waals surface area contributed by atoms with Crippen LogP contribution in [-0.4, -0.2) is 15.0 Å². The molecule has 3 nitrogen and oxygen atoms in total. The lowest BCUT2D eigenvalue weighted by Gasteiger charge is -1.98. The molecule has 0 aliphatic heterocycles. The zero-order valence-electron chi connectivity index (χ0n) is 8.80. The van der Waals surface area contributed by atoms with Crippen LogP contribution in [0.5, 0.6) is 0 Å². The lowest BCUT2D eigenvalue weighted by molar-refractivity contribution is 1.07. The van der Waals surface area contributed by atoms with Crippen molar-refractivity contribution >= 4 is 54.5 Å². The number of rotatable bonds is 2. The second kappa shape index (κ2) is 5.16. The maximum Gasteiger partial charge on any atom is 0.173 e. The Hall–Kier alpha value is -0.630. The SMILES string of the molecule is Brc1ccc(-c2ncnc(-c3ccc(Br)s3)n2)s1. The first kappa shape index (κ1) is 12.4. The molecule has 3 rings (SSSR count). The van der Waals surface area contributed by atoms with Crippen LogP contribution in [-0.2, 0) is 0 Å². The maximum absolute atomic E-state index is 4.50. The Bertz CT molecular complexity index is 637. The summed E-state index contributed by atoms with van der Waals surface area (Å²) in [4.78, 5) is 15.0. The van der Waals surface area contributed by atoms with E-state index in [-0.39, 0.29) is 0 Å². The molecule has 0 aliphatic carbocycles. The molecule has 0 unspecified atom stereocenters. The van der Waals surface area contributed by atoms with E-state index in [1.54, 1.807) is 29.0 Å². The van der Waals surface area contributed by atoms with E-state index in [0.29, 0.717) is 11.6 Å². The summed E-state index contributed by atoms with van der Waals surface area (Å²) in [5, 5.41) is 0. The molecule has 0 N–H and O–H groups in total. The van der Waals surface area contributed by atoms with Crippen LogP contribution in [0, 0.1) is 0 Å². The monoisotopic (exact) mass is 401 g/mol. The van der Waals surface area contributed by atoms with E-state index >= 15 is 0 Å². The fourth-order valence-electron chi connectivity index (χ4n) is 1.40. The predicted molar refractivity (Wildman–Crippen MR) is 81.9 cm³/mol. The minimum Gasteiger partial charge on any atom is -0.216 e. The fraction of sp³-hybridized carbons (Fsp3) is 0. The van der Waals surface area contributed by atoms with Gasteiger partial charge in [0.2, 0.25) is 0 Å². The highest BCUT2D eigenvalue weighted by atomic mass is 79.9. The van der Waals surface area contributed by atoms with Crippen molar-refractivity contribution in [3.63, 3.8) is 0 Å². The summed E-state index contributed by atoms with van der Waals surface area (Å²) < 4.78 is 2.14. The molecule has 18 heavy (non-hydrogen) atoms. The topological polar surface area (TPSA) is 38.7 Å². The van der Waals surface area contributed by atoms with E-state index in [4.69, 9.17) is 0 Å². The normalized spacial score (nSPS) is 10.8. The molecule has 0 fully saturated rings. The van der Waals surface area contributed by atoms with Crippen molar-refractivity contribution < 1.29 is 0 Å². The molecule has 0 aliphatic rings. The summed E-state index contributed by atoms with van der Waals surface area (Å²) in [5.41, 5.74) is 0. The van der Waals surface area contributed by atoms with Gasteiger partial charge in [-0.25, -0.2) is 15.0 Å². The summed E-state index contributed by atoms with van der Waals surface area (Å²) in [6.07, 6.45) is 1.55. The molecule has 90 valence electrons. The van der Waals surface area contributed by atoms with E-state index in [9.17, 15) is 0 Å². The summed E-state index contributed by atoms with van der Waals surface area (Å²) >= 11 is 10.1. The number of hydrogen-bond acceptors (Lipinski definition) is 5. The van der Waals surface area contributed by atoms with E-state index in [1.807, 2.05) is 24.3 Å². The van der Waals surface area contributed by atoms with Crippen LogP contribution in [0.3, 0.4) is 0 Å². The molecule has 3 aromatic rings. The Morgan fingerprint density at radius 1 is 0.778 bits per heavy atom.